The zero-order valence-corrected chi connectivity index (χ0v) is 17.5. The quantitative estimate of drug-likeness (QED) is 0.531. The van der Waals surface area contributed by atoms with Crippen molar-refractivity contribution < 1.29 is 9.47 Å². The maximum Gasteiger partial charge on any atom is 0.123 e. The van der Waals surface area contributed by atoms with Crippen LogP contribution in [-0.2, 0) is 11.2 Å². The van der Waals surface area contributed by atoms with Gasteiger partial charge in [0.2, 0.25) is 0 Å². The summed E-state index contributed by atoms with van der Waals surface area (Å²) in [6.07, 6.45) is 2.58. The third kappa shape index (κ3) is 5.16. The van der Waals surface area contributed by atoms with Crippen molar-refractivity contribution in [2.24, 2.45) is 5.73 Å². The predicted molar refractivity (Wildman–Crippen MR) is 110 cm³/mol. The van der Waals surface area contributed by atoms with Crippen LogP contribution in [0.4, 0.5) is 0 Å². The van der Waals surface area contributed by atoms with Crippen molar-refractivity contribution >= 4 is 29.3 Å². The smallest absolute Gasteiger partial charge is 0.123 e. The molecule has 5 nitrogen and oxygen atoms in total. The van der Waals surface area contributed by atoms with E-state index in [2.05, 4.69) is 4.31 Å². The van der Waals surface area contributed by atoms with Gasteiger partial charge in [0.1, 0.15) is 5.75 Å². The summed E-state index contributed by atoms with van der Waals surface area (Å²) in [5.41, 5.74) is 8.00. The molecule has 0 unspecified atom stereocenters. The van der Waals surface area contributed by atoms with Gasteiger partial charge < -0.3 is 20.6 Å². The minimum atomic E-state index is -0.223. The van der Waals surface area contributed by atoms with Gasteiger partial charge in [0.05, 0.1) is 17.6 Å². The number of methoxy groups -OCH3 is 2. The molecule has 0 bridgehead atoms. The zero-order chi connectivity index (χ0) is 19.3. The summed E-state index contributed by atoms with van der Waals surface area (Å²) in [5, 5.41) is 8.56. The first-order valence-electron chi connectivity index (χ1n) is 8.62. The monoisotopic (exact) mass is 397 g/mol. The molecule has 3 N–H and O–H groups in total. The SMILES string of the molecule is COc1cc(Cl)ccc1CC1(OC)CCN(S/C(C(C)=N)=C(\C)N)CC1. The maximum absolute atomic E-state index is 7.89. The van der Waals surface area contributed by atoms with Crippen LogP contribution in [0.1, 0.15) is 32.3 Å². The highest BCUT2D eigenvalue weighted by Crippen LogP contribution is 2.37. The van der Waals surface area contributed by atoms with Crippen molar-refractivity contribution in [3.8, 4) is 5.75 Å². The first-order valence-corrected chi connectivity index (χ1v) is 9.78. The number of rotatable bonds is 7. The van der Waals surface area contributed by atoms with Crippen molar-refractivity contribution in [2.75, 3.05) is 27.3 Å². The molecule has 1 aromatic carbocycles. The lowest BCUT2D eigenvalue weighted by molar-refractivity contribution is -0.0439. The molecule has 1 saturated heterocycles. The summed E-state index contributed by atoms with van der Waals surface area (Å²) in [6, 6.07) is 5.75. The van der Waals surface area contributed by atoms with Crippen LogP contribution in [0, 0.1) is 5.41 Å². The molecular formula is C19H28ClN3O2S. The van der Waals surface area contributed by atoms with Crippen LogP contribution in [0.2, 0.25) is 5.02 Å². The van der Waals surface area contributed by atoms with E-state index in [0.717, 1.165) is 48.6 Å². The highest BCUT2D eigenvalue weighted by Gasteiger charge is 2.36. The molecule has 26 heavy (non-hydrogen) atoms. The van der Waals surface area contributed by atoms with E-state index in [1.807, 2.05) is 25.1 Å². The van der Waals surface area contributed by atoms with Crippen LogP contribution >= 0.6 is 23.5 Å². The summed E-state index contributed by atoms with van der Waals surface area (Å²) >= 11 is 7.65. The van der Waals surface area contributed by atoms with E-state index < -0.39 is 0 Å². The van der Waals surface area contributed by atoms with Gasteiger partial charge in [-0.15, -0.1) is 0 Å². The molecule has 0 spiro atoms. The van der Waals surface area contributed by atoms with Crippen LogP contribution < -0.4 is 10.5 Å². The fourth-order valence-corrected chi connectivity index (χ4v) is 4.28. The number of nitrogens with one attached hydrogen (secondary N) is 1. The van der Waals surface area contributed by atoms with Crippen LogP contribution in [0.5, 0.6) is 5.75 Å². The largest absolute Gasteiger partial charge is 0.496 e. The van der Waals surface area contributed by atoms with Gasteiger partial charge in [-0.25, -0.2) is 4.31 Å². The number of nitrogens with zero attached hydrogens (tertiary/aromatic N) is 1. The second-order valence-corrected chi connectivity index (χ2v) is 8.22. The Morgan fingerprint density at radius 1 is 1.31 bits per heavy atom. The van der Waals surface area contributed by atoms with Crippen LogP contribution in [0.15, 0.2) is 28.8 Å². The second kappa shape index (κ2) is 9.13. The summed E-state index contributed by atoms with van der Waals surface area (Å²) in [7, 11) is 3.44. The van der Waals surface area contributed by atoms with Crippen molar-refractivity contribution in [3.05, 3.63) is 39.4 Å². The minimum absolute atomic E-state index is 0.223. The molecule has 0 atom stereocenters. The van der Waals surface area contributed by atoms with E-state index in [0.29, 0.717) is 16.4 Å². The molecular weight excluding hydrogens is 370 g/mol. The number of ether oxygens (including phenoxy) is 2. The zero-order valence-electron chi connectivity index (χ0n) is 15.9. The summed E-state index contributed by atoms with van der Waals surface area (Å²) in [4.78, 5) is 0.842. The topological polar surface area (TPSA) is 71.6 Å². The first-order chi connectivity index (χ1) is 12.3. The molecule has 0 aliphatic carbocycles. The highest BCUT2D eigenvalue weighted by atomic mass is 35.5. The fourth-order valence-electron chi connectivity index (χ4n) is 3.21. The van der Waals surface area contributed by atoms with Gasteiger partial charge in [-0.2, -0.15) is 0 Å². The second-order valence-electron chi connectivity index (χ2n) is 6.68. The normalized spacial score (nSPS) is 18.3. The lowest BCUT2D eigenvalue weighted by Gasteiger charge is -2.41. The molecule has 0 amide bonds. The van der Waals surface area contributed by atoms with Crippen LogP contribution in [0.25, 0.3) is 0 Å². The van der Waals surface area contributed by atoms with Gasteiger partial charge in [-0.05, 0) is 56.3 Å². The molecule has 1 fully saturated rings. The third-order valence-corrected chi connectivity index (χ3v) is 6.42. The lowest BCUT2D eigenvalue weighted by atomic mass is 9.85. The minimum Gasteiger partial charge on any atom is -0.496 e. The maximum atomic E-state index is 7.89. The first kappa shape index (κ1) is 21.1. The van der Waals surface area contributed by atoms with Crippen molar-refractivity contribution in [1.82, 2.24) is 4.31 Å². The Labute approximate surface area is 165 Å². The fraction of sp³-hybridized carbons (Fsp3) is 0.526. The molecule has 1 aliphatic rings. The Kier molecular flexibility index (Phi) is 7.41. The Balaban J connectivity index is 2.07. The van der Waals surface area contributed by atoms with Gasteiger partial charge in [-0.3, -0.25) is 0 Å². The molecule has 1 aromatic rings. The molecule has 0 saturated carbocycles. The standard InChI is InChI=1S/C19H28ClN3O2S/c1-13(21)18(14(2)22)26-23-9-7-19(25-4,8-10-23)12-15-5-6-16(20)11-17(15)24-3/h5-6,11,21H,7-10,12,22H2,1-4H3/b18-14+,21-13?. The number of halogens is 1. The predicted octanol–water partition coefficient (Wildman–Crippen LogP) is 4.25. The van der Waals surface area contributed by atoms with E-state index >= 15 is 0 Å². The molecule has 1 aliphatic heterocycles. The summed E-state index contributed by atoms with van der Waals surface area (Å²) < 4.78 is 13.7. The Morgan fingerprint density at radius 2 is 1.96 bits per heavy atom. The Morgan fingerprint density at radius 3 is 2.46 bits per heavy atom. The van der Waals surface area contributed by atoms with Gasteiger partial charge in [0, 0.05) is 43.1 Å². The average Bonchev–Trinajstić information content (AvgIpc) is 2.61. The number of hydrogen-bond donors (Lipinski definition) is 2. The van der Waals surface area contributed by atoms with Gasteiger partial charge >= 0.3 is 0 Å². The molecule has 0 aromatic heterocycles. The van der Waals surface area contributed by atoms with Crippen molar-refractivity contribution in [1.29, 1.82) is 5.41 Å². The Hall–Kier alpha value is -1.21. The van der Waals surface area contributed by atoms with Crippen molar-refractivity contribution in [3.63, 3.8) is 0 Å². The number of piperidine rings is 1. The van der Waals surface area contributed by atoms with E-state index in [-0.39, 0.29) is 5.60 Å². The van der Waals surface area contributed by atoms with E-state index in [4.69, 9.17) is 32.2 Å². The molecule has 1 heterocycles. The van der Waals surface area contributed by atoms with E-state index in [1.165, 1.54) is 0 Å². The van der Waals surface area contributed by atoms with Gasteiger partial charge in [0.25, 0.3) is 0 Å². The molecule has 2 rings (SSSR count). The average molecular weight is 398 g/mol. The third-order valence-electron chi connectivity index (χ3n) is 4.75. The molecule has 0 radical (unpaired) electrons. The number of hydrogen-bond acceptors (Lipinski definition) is 6. The molecule has 144 valence electrons. The Bertz CT molecular complexity index is 681. The van der Waals surface area contributed by atoms with Gasteiger partial charge in [-0.1, -0.05) is 17.7 Å². The lowest BCUT2D eigenvalue weighted by Crippen LogP contribution is -2.45. The van der Waals surface area contributed by atoms with Crippen LogP contribution in [-0.4, -0.2) is 42.9 Å². The van der Waals surface area contributed by atoms with E-state index in [9.17, 15) is 0 Å². The number of nitrogens with two attached hydrogens (primary N) is 1. The summed E-state index contributed by atoms with van der Waals surface area (Å²) in [5.74, 6) is 0.800. The highest BCUT2D eigenvalue weighted by molar-refractivity contribution is 8.01. The number of benzene rings is 1. The van der Waals surface area contributed by atoms with Crippen LogP contribution in [0.3, 0.4) is 0 Å². The van der Waals surface area contributed by atoms with E-state index in [1.54, 1.807) is 33.1 Å². The summed E-state index contributed by atoms with van der Waals surface area (Å²) in [6.45, 7) is 5.36. The van der Waals surface area contributed by atoms with Crippen molar-refractivity contribution in [2.45, 2.75) is 38.7 Å². The molecule has 7 heteroatoms. The van der Waals surface area contributed by atoms with Gasteiger partial charge in [0.15, 0.2) is 0 Å². The number of allylic oxidation sites excluding steroid dienone is 2.